The minimum absolute atomic E-state index is 0.217. The molecule has 2 aliphatic heterocycles. The van der Waals surface area contributed by atoms with E-state index in [-0.39, 0.29) is 43.4 Å². The average Bonchev–Trinajstić information content (AvgIpc) is 3.94. The molecule has 2 saturated heterocycles. The molecule has 6 atom stereocenters. The lowest BCUT2D eigenvalue weighted by atomic mass is 9.78. The predicted octanol–water partition coefficient (Wildman–Crippen LogP) is 5.77. The lowest BCUT2D eigenvalue weighted by Gasteiger charge is -2.26. The number of ether oxygens (including phenoxy) is 6. The molecule has 8 nitrogen and oxygen atoms in total. The minimum Gasteiger partial charge on any atom is -0.493 e. The van der Waals surface area contributed by atoms with Crippen molar-refractivity contribution in [2.45, 2.75) is 95.0 Å². The summed E-state index contributed by atoms with van der Waals surface area (Å²) in [7, 11) is 0. The summed E-state index contributed by atoms with van der Waals surface area (Å²) in [4.78, 5) is 24.3. The molecule has 2 aromatic rings. The fraction of sp³-hybridized carbons (Fsp3) is 0.600. The van der Waals surface area contributed by atoms with Gasteiger partial charge in [-0.15, -0.1) is 0 Å². The third-order valence-electron chi connectivity index (χ3n) is 9.49. The molecule has 0 bridgehead atoms. The van der Waals surface area contributed by atoms with E-state index in [1.165, 1.54) is 0 Å². The summed E-state index contributed by atoms with van der Waals surface area (Å²) in [6.07, 6.45) is 8.50. The van der Waals surface area contributed by atoms with Crippen molar-refractivity contribution < 1.29 is 38.0 Å². The fourth-order valence-corrected chi connectivity index (χ4v) is 6.45. The second-order valence-corrected chi connectivity index (χ2v) is 13.0. The van der Waals surface area contributed by atoms with Gasteiger partial charge in [-0.1, -0.05) is 38.1 Å². The summed E-state index contributed by atoms with van der Waals surface area (Å²) in [6, 6.07) is 16.0. The number of carbonyl (C=O) groups excluding carboxylic acids is 2. The number of benzene rings is 2. The third-order valence-corrected chi connectivity index (χ3v) is 9.49. The maximum Gasteiger partial charge on any atom is 0.309 e. The second-order valence-electron chi connectivity index (χ2n) is 13.0. The first kappa shape index (κ1) is 29.9. The Morgan fingerprint density at radius 3 is 1.47 bits per heavy atom. The smallest absolute Gasteiger partial charge is 0.309 e. The van der Waals surface area contributed by atoms with Gasteiger partial charge in [-0.2, -0.15) is 0 Å². The van der Waals surface area contributed by atoms with Crippen molar-refractivity contribution >= 4 is 11.9 Å². The van der Waals surface area contributed by atoms with Crippen LogP contribution in [0.1, 0.15) is 76.3 Å². The Morgan fingerprint density at radius 1 is 0.651 bits per heavy atom. The molecule has 6 unspecified atom stereocenters. The van der Waals surface area contributed by atoms with E-state index >= 15 is 0 Å². The van der Waals surface area contributed by atoms with Gasteiger partial charge >= 0.3 is 11.9 Å². The zero-order chi connectivity index (χ0) is 29.8. The Morgan fingerprint density at radius 2 is 1.07 bits per heavy atom. The third kappa shape index (κ3) is 8.09. The lowest BCUT2D eigenvalue weighted by molar-refractivity contribution is -0.146. The number of fused-ring (bicyclic) bond motifs is 2. The van der Waals surface area contributed by atoms with Gasteiger partial charge in [0, 0.05) is 5.41 Å². The molecule has 2 aliphatic carbocycles. The van der Waals surface area contributed by atoms with Crippen LogP contribution in [0.5, 0.6) is 11.5 Å². The first-order chi connectivity index (χ1) is 20.8. The number of carbonyl (C=O) groups is 2. The minimum atomic E-state index is -0.236. The molecule has 0 radical (unpaired) electrons. The van der Waals surface area contributed by atoms with Crippen molar-refractivity contribution in [2.75, 3.05) is 26.4 Å². The van der Waals surface area contributed by atoms with Gasteiger partial charge < -0.3 is 28.4 Å². The molecular weight excluding hydrogens is 548 g/mol. The monoisotopic (exact) mass is 592 g/mol. The molecule has 232 valence electrons. The molecular formula is C35H44O8. The van der Waals surface area contributed by atoms with E-state index in [1.807, 2.05) is 24.3 Å². The predicted molar refractivity (Wildman–Crippen MR) is 159 cm³/mol. The van der Waals surface area contributed by atoms with Crippen LogP contribution in [-0.2, 0) is 34.0 Å². The fourth-order valence-electron chi connectivity index (χ4n) is 6.45. The van der Waals surface area contributed by atoms with E-state index in [1.54, 1.807) is 0 Å². The van der Waals surface area contributed by atoms with Gasteiger partial charge in [0.2, 0.25) is 0 Å². The lowest BCUT2D eigenvalue weighted by Crippen LogP contribution is -2.21. The maximum absolute atomic E-state index is 12.1. The van der Waals surface area contributed by atoms with E-state index in [0.717, 1.165) is 61.2 Å². The molecule has 0 amide bonds. The molecule has 2 heterocycles. The second kappa shape index (κ2) is 13.3. The van der Waals surface area contributed by atoms with E-state index in [0.29, 0.717) is 49.5 Å². The summed E-state index contributed by atoms with van der Waals surface area (Å²) in [5.74, 6) is 1.85. The topological polar surface area (TPSA) is 96.1 Å². The van der Waals surface area contributed by atoms with Gasteiger partial charge in [0.25, 0.3) is 0 Å². The summed E-state index contributed by atoms with van der Waals surface area (Å²) in [5, 5.41) is 0. The van der Waals surface area contributed by atoms with Crippen LogP contribution < -0.4 is 9.47 Å². The highest BCUT2D eigenvalue weighted by molar-refractivity contribution is 5.69. The molecule has 2 aromatic carbocycles. The Balaban J connectivity index is 0.882. The van der Waals surface area contributed by atoms with Crippen molar-refractivity contribution in [3.63, 3.8) is 0 Å². The van der Waals surface area contributed by atoms with Crippen LogP contribution in [0.3, 0.4) is 0 Å². The highest BCUT2D eigenvalue weighted by atomic mass is 16.6. The number of epoxide rings is 2. The number of hydrogen-bond donors (Lipinski definition) is 0. The Bertz CT molecular complexity index is 1140. The normalized spacial score (nSPS) is 27.3. The molecule has 43 heavy (non-hydrogen) atoms. The first-order valence-corrected chi connectivity index (χ1v) is 15.9. The summed E-state index contributed by atoms with van der Waals surface area (Å²) < 4.78 is 33.7. The molecule has 0 spiro atoms. The highest BCUT2D eigenvalue weighted by Gasteiger charge is 2.44. The highest BCUT2D eigenvalue weighted by Crippen LogP contribution is 2.40. The van der Waals surface area contributed by atoms with Crippen molar-refractivity contribution in [2.24, 2.45) is 11.8 Å². The largest absolute Gasteiger partial charge is 0.493 e. The van der Waals surface area contributed by atoms with Crippen LogP contribution in [0.25, 0.3) is 0 Å². The molecule has 8 heteroatoms. The molecule has 0 N–H and O–H groups in total. The Hall–Kier alpha value is -3.10. The van der Waals surface area contributed by atoms with Gasteiger partial charge in [-0.25, -0.2) is 0 Å². The average molecular weight is 593 g/mol. The van der Waals surface area contributed by atoms with Crippen molar-refractivity contribution in [3.8, 4) is 11.5 Å². The molecule has 0 aromatic heterocycles. The van der Waals surface area contributed by atoms with Crippen LogP contribution in [-0.4, -0.2) is 62.8 Å². The van der Waals surface area contributed by atoms with Crippen molar-refractivity contribution in [3.05, 3.63) is 59.7 Å². The SMILES string of the molecule is CC(C)(c1ccc(OCCC(=O)OCC2CCC3OC3C2)cc1)c1ccc(OCCC(=O)OCC2CCC3OC3C2)cc1. The van der Waals surface area contributed by atoms with Crippen LogP contribution in [0, 0.1) is 11.8 Å². The van der Waals surface area contributed by atoms with Crippen LogP contribution in [0.15, 0.2) is 48.5 Å². The van der Waals surface area contributed by atoms with Crippen LogP contribution in [0.4, 0.5) is 0 Å². The van der Waals surface area contributed by atoms with Gasteiger partial charge in [0.05, 0.1) is 63.7 Å². The van der Waals surface area contributed by atoms with Crippen molar-refractivity contribution in [1.29, 1.82) is 0 Å². The molecule has 2 saturated carbocycles. The summed E-state index contributed by atoms with van der Waals surface area (Å²) >= 11 is 0. The van der Waals surface area contributed by atoms with Crippen LogP contribution in [0.2, 0.25) is 0 Å². The Labute approximate surface area is 254 Å². The van der Waals surface area contributed by atoms with Gasteiger partial charge in [0.15, 0.2) is 0 Å². The summed E-state index contributed by atoms with van der Waals surface area (Å²) in [6.45, 7) is 5.89. The van der Waals surface area contributed by atoms with Gasteiger partial charge in [-0.05, 0) is 85.8 Å². The van der Waals surface area contributed by atoms with E-state index < -0.39 is 0 Å². The molecule has 4 aliphatic rings. The zero-order valence-corrected chi connectivity index (χ0v) is 25.3. The first-order valence-electron chi connectivity index (χ1n) is 15.9. The number of hydrogen-bond acceptors (Lipinski definition) is 8. The quantitative estimate of drug-likeness (QED) is 0.202. The summed E-state index contributed by atoms with van der Waals surface area (Å²) in [5.41, 5.74) is 2.05. The molecule has 6 rings (SSSR count). The van der Waals surface area contributed by atoms with Gasteiger partial charge in [-0.3, -0.25) is 9.59 Å². The van der Waals surface area contributed by atoms with E-state index in [9.17, 15) is 9.59 Å². The van der Waals surface area contributed by atoms with E-state index in [4.69, 9.17) is 28.4 Å². The van der Waals surface area contributed by atoms with Gasteiger partial charge in [0.1, 0.15) is 11.5 Å². The zero-order valence-electron chi connectivity index (χ0n) is 25.3. The molecule has 4 fully saturated rings. The number of esters is 2. The van der Waals surface area contributed by atoms with E-state index in [2.05, 4.69) is 38.1 Å². The van der Waals surface area contributed by atoms with Crippen LogP contribution >= 0.6 is 0 Å². The maximum atomic E-state index is 12.1. The Kier molecular flexibility index (Phi) is 9.24. The van der Waals surface area contributed by atoms with Crippen molar-refractivity contribution in [1.82, 2.24) is 0 Å². The standard InChI is InChI=1S/C35H44O8/c1-35(2,25-5-9-27(10-6-25)38-17-15-33(36)40-21-23-3-13-29-31(19-23)42-29)26-7-11-28(12-8-26)39-18-16-34(37)41-22-24-4-14-30-32(20-24)43-30/h5-12,23-24,29-32H,3-4,13-22H2,1-2H3. The number of rotatable bonds is 14.